The smallest absolute Gasteiger partial charge is 0.407 e. The molecular weight excluding hydrogens is 602 g/mol. The van der Waals surface area contributed by atoms with E-state index in [1.54, 1.807) is 20.8 Å². The Balaban J connectivity index is 1.74. The second-order valence-electron chi connectivity index (χ2n) is 12.1. The fourth-order valence-corrected chi connectivity index (χ4v) is 5.01. The zero-order chi connectivity index (χ0) is 33.5. The van der Waals surface area contributed by atoms with Crippen molar-refractivity contribution in [1.82, 2.24) is 21.3 Å². The topological polar surface area (TPSA) is 152 Å². The van der Waals surface area contributed by atoms with Crippen LogP contribution in [-0.4, -0.2) is 65.9 Å². The number of primary amides is 1. The molecule has 0 aromatic heterocycles. The van der Waals surface area contributed by atoms with Crippen LogP contribution in [0.25, 0.3) is 0 Å². The van der Waals surface area contributed by atoms with Gasteiger partial charge >= 0.3 is 6.09 Å². The van der Waals surface area contributed by atoms with Gasteiger partial charge in [0.05, 0.1) is 6.04 Å². The van der Waals surface area contributed by atoms with E-state index in [4.69, 9.17) is 10.5 Å². The zero-order valence-electron chi connectivity index (χ0n) is 26.6. The van der Waals surface area contributed by atoms with Crippen molar-refractivity contribution < 1.29 is 23.9 Å². The maximum absolute atomic E-state index is 13.7. The summed E-state index contributed by atoms with van der Waals surface area (Å²) in [4.78, 5) is 51.8. The molecule has 0 bridgehead atoms. The molecule has 0 saturated carbocycles. The van der Waals surface area contributed by atoms with E-state index in [-0.39, 0.29) is 18.7 Å². The number of ether oxygens (including phenoxy) is 1. The lowest BCUT2D eigenvalue weighted by atomic mass is 10.0. The van der Waals surface area contributed by atoms with Crippen LogP contribution < -0.4 is 27.0 Å². The lowest BCUT2D eigenvalue weighted by Gasteiger charge is -2.27. The quantitative estimate of drug-likeness (QED) is 0.132. The van der Waals surface area contributed by atoms with Gasteiger partial charge in [0.1, 0.15) is 17.7 Å². The molecule has 0 aliphatic rings. The summed E-state index contributed by atoms with van der Waals surface area (Å²) in [6, 6.07) is 25.2. The van der Waals surface area contributed by atoms with Crippen molar-refractivity contribution >= 4 is 36.4 Å². The third-order valence-electron chi connectivity index (χ3n) is 7.01. The standard InChI is InChI=1S/C35H45N5O5S/c1-35(2,3)45-34(44)38-27(19-24-13-7-4-8-14-24)22-37-29(21-26-17-11-6-12-18-26)32(42)40-30(23-46)33(43)39-28(31(36)41)20-25-15-9-5-10-16-25/h4-18,27-30,37,46H,19-23H2,1-3H3,(H2,36,41)(H,38,44)(H,39,43)(H,40,42)/t27-,28-,29-,30-/m0/s1. The van der Waals surface area contributed by atoms with E-state index in [0.29, 0.717) is 12.8 Å². The van der Waals surface area contributed by atoms with E-state index in [0.717, 1.165) is 16.7 Å². The zero-order valence-corrected chi connectivity index (χ0v) is 27.5. The molecule has 3 aromatic rings. The Bertz CT molecular complexity index is 1400. The van der Waals surface area contributed by atoms with E-state index in [1.807, 2.05) is 91.0 Å². The number of benzene rings is 3. The first kappa shape index (κ1) is 36.1. The first-order valence-corrected chi connectivity index (χ1v) is 15.9. The van der Waals surface area contributed by atoms with Crippen LogP contribution in [-0.2, 0) is 38.4 Å². The molecule has 0 heterocycles. The number of amides is 4. The number of carbonyl (C=O) groups is 4. The van der Waals surface area contributed by atoms with Gasteiger partial charge in [-0.2, -0.15) is 12.6 Å². The van der Waals surface area contributed by atoms with Crippen molar-refractivity contribution in [3.05, 3.63) is 108 Å². The van der Waals surface area contributed by atoms with Gasteiger partial charge in [-0.05, 0) is 50.3 Å². The van der Waals surface area contributed by atoms with Crippen molar-refractivity contribution in [3.8, 4) is 0 Å². The highest BCUT2D eigenvalue weighted by Gasteiger charge is 2.29. The van der Waals surface area contributed by atoms with Crippen LogP contribution in [0.3, 0.4) is 0 Å². The van der Waals surface area contributed by atoms with Crippen LogP contribution in [0.2, 0.25) is 0 Å². The van der Waals surface area contributed by atoms with Gasteiger partial charge in [-0.25, -0.2) is 4.79 Å². The average molecular weight is 648 g/mol. The third kappa shape index (κ3) is 12.9. The minimum Gasteiger partial charge on any atom is -0.444 e. The molecular formula is C35H45N5O5S. The van der Waals surface area contributed by atoms with Crippen LogP contribution >= 0.6 is 12.6 Å². The van der Waals surface area contributed by atoms with Crippen LogP contribution in [0.4, 0.5) is 4.79 Å². The molecule has 46 heavy (non-hydrogen) atoms. The summed E-state index contributed by atoms with van der Waals surface area (Å²) in [5.41, 5.74) is 7.64. The predicted octanol–water partition coefficient (Wildman–Crippen LogP) is 2.95. The van der Waals surface area contributed by atoms with Crippen molar-refractivity contribution in [1.29, 1.82) is 0 Å². The van der Waals surface area contributed by atoms with Crippen molar-refractivity contribution in [2.45, 2.75) is 69.8 Å². The molecule has 0 radical (unpaired) electrons. The normalized spacial score (nSPS) is 13.8. The first-order valence-electron chi connectivity index (χ1n) is 15.3. The second-order valence-corrected chi connectivity index (χ2v) is 12.4. The minimum absolute atomic E-state index is 0.0106. The molecule has 10 nitrogen and oxygen atoms in total. The van der Waals surface area contributed by atoms with Gasteiger partial charge in [0.2, 0.25) is 17.7 Å². The number of carbonyl (C=O) groups excluding carboxylic acids is 4. The highest BCUT2D eigenvalue weighted by Crippen LogP contribution is 2.10. The van der Waals surface area contributed by atoms with Crippen molar-refractivity contribution in [2.24, 2.45) is 5.73 Å². The third-order valence-corrected chi connectivity index (χ3v) is 7.38. The number of nitrogens with two attached hydrogens (primary N) is 1. The van der Waals surface area contributed by atoms with Gasteiger partial charge < -0.3 is 31.7 Å². The SMILES string of the molecule is CC(C)(C)OC(=O)N[C@H](CN[C@@H](Cc1ccccc1)C(=O)N[C@@H](CS)C(=O)N[C@@H](Cc1ccccc1)C(N)=O)Cc1ccccc1. The van der Waals surface area contributed by atoms with Crippen LogP contribution in [0.5, 0.6) is 0 Å². The molecule has 246 valence electrons. The van der Waals surface area contributed by atoms with E-state index >= 15 is 0 Å². The van der Waals surface area contributed by atoms with Crippen molar-refractivity contribution in [2.75, 3.05) is 12.3 Å². The largest absolute Gasteiger partial charge is 0.444 e. The molecule has 0 unspecified atom stereocenters. The Labute approximate surface area is 276 Å². The van der Waals surface area contributed by atoms with Gasteiger partial charge in [-0.1, -0.05) is 91.0 Å². The molecule has 4 atom stereocenters. The van der Waals surface area contributed by atoms with Gasteiger partial charge in [-0.3, -0.25) is 14.4 Å². The highest BCUT2D eigenvalue weighted by molar-refractivity contribution is 7.80. The molecule has 0 aliphatic heterocycles. The Hall–Kier alpha value is -4.35. The van der Waals surface area contributed by atoms with E-state index < -0.39 is 53.6 Å². The summed E-state index contributed by atoms with van der Waals surface area (Å²) in [5, 5.41) is 11.7. The van der Waals surface area contributed by atoms with E-state index in [1.165, 1.54) is 0 Å². The van der Waals surface area contributed by atoms with Gasteiger partial charge in [0, 0.05) is 24.8 Å². The summed E-state index contributed by atoms with van der Waals surface area (Å²) in [6.45, 7) is 5.60. The molecule has 6 N–H and O–H groups in total. The lowest BCUT2D eigenvalue weighted by Crippen LogP contribution is -2.58. The summed E-state index contributed by atoms with van der Waals surface area (Å²) in [6.07, 6.45) is 0.451. The maximum atomic E-state index is 13.7. The minimum atomic E-state index is -1.03. The van der Waals surface area contributed by atoms with Gasteiger partial charge in [-0.15, -0.1) is 0 Å². The molecule has 4 amide bonds. The van der Waals surface area contributed by atoms with Crippen LogP contribution in [0.15, 0.2) is 91.0 Å². The first-order chi connectivity index (χ1) is 21.9. The number of alkyl carbamates (subject to hydrolysis) is 1. The molecule has 0 spiro atoms. The lowest BCUT2D eigenvalue weighted by molar-refractivity contribution is -0.131. The fourth-order valence-electron chi connectivity index (χ4n) is 4.75. The Morgan fingerprint density at radius 2 is 1.11 bits per heavy atom. The van der Waals surface area contributed by atoms with Gasteiger partial charge in [0.25, 0.3) is 0 Å². The summed E-state index contributed by atoms with van der Waals surface area (Å²) < 4.78 is 5.49. The fraction of sp³-hybridized carbons (Fsp3) is 0.371. The average Bonchev–Trinajstić information content (AvgIpc) is 3.01. The van der Waals surface area contributed by atoms with E-state index in [2.05, 4.69) is 33.9 Å². The van der Waals surface area contributed by atoms with Gasteiger partial charge in [0.15, 0.2) is 0 Å². The molecule has 0 aliphatic carbocycles. The van der Waals surface area contributed by atoms with E-state index in [9.17, 15) is 19.2 Å². The summed E-state index contributed by atoms with van der Waals surface area (Å²) >= 11 is 4.31. The number of hydrogen-bond donors (Lipinski definition) is 6. The maximum Gasteiger partial charge on any atom is 0.407 e. The number of hydrogen-bond acceptors (Lipinski definition) is 7. The molecule has 0 fully saturated rings. The Kier molecular flexibility index (Phi) is 14.1. The predicted molar refractivity (Wildman–Crippen MR) is 182 cm³/mol. The number of rotatable bonds is 16. The Morgan fingerprint density at radius 3 is 1.57 bits per heavy atom. The second kappa shape index (κ2) is 18.0. The summed E-state index contributed by atoms with van der Waals surface area (Å²) in [5.74, 6) is -1.71. The van der Waals surface area contributed by atoms with Crippen molar-refractivity contribution in [3.63, 3.8) is 0 Å². The molecule has 3 rings (SSSR count). The summed E-state index contributed by atoms with van der Waals surface area (Å²) in [7, 11) is 0. The number of nitrogens with one attached hydrogen (secondary N) is 4. The molecule has 3 aromatic carbocycles. The highest BCUT2D eigenvalue weighted by atomic mass is 32.1. The van der Waals surface area contributed by atoms with Crippen LogP contribution in [0, 0.1) is 0 Å². The Morgan fingerprint density at radius 1 is 0.674 bits per heavy atom. The number of thiol groups is 1. The molecule has 0 saturated heterocycles. The monoisotopic (exact) mass is 647 g/mol. The molecule has 11 heteroatoms. The van der Waals surface area contributed by atoms with Crippen LogP contribution in [0.1, 0.15) is 37.5 Å².